The van der Waals surface area contributed by atoms with Gasteiger partial charge in [-0.15, -0.1) is 0 Å². The van der Waals surface area contributed by atoms with Crippen molar-refractivity contribution < 1.29 is 0 Å². The van der Waals surface area contributed by atoms with Crippen LogP contribution in [0.15, 0.2) is 200 Å². The van der Waals surface area contributed by atoms with Crippen molar-refractivity contribution in [2.24, 2.45) is 0 Å². The van der Waals surface area contributed by atoms with Gasteiger partial charge in [-0.1, -0.05) is 166 Å². The van der Waals surface area contributed by atoms with Crippen LogP contribution in [0.25, 0.3) is 66.1 Å². The molecule has 0 radical (unpaired) electrons. The molecule has 0 fully saturated rings. The summed E-state index contributed by atoms with van der Waals surface area (Å²) in [6.45, 7) is 4.76. The molecule has 0 bridgehead atoms. The lowest BCUT2D eigenvalue weighted by molar-refractivity contribution is 0.666. The average Bonchev–Trinajstić information content (AvgIpc) is 3.48. The van der Waals surface area contributed by atoms with E-state index in [1.165, 1.54) is 77.2 Å². The largest absolute Gasteiger partial charge is 0.310 e. The Bertz CT molecular complexity index is 2730. The zero-order valence-electron chi connectivity index (χ0n) is 30.5. The molecule has 0 amide bonds. The first-order valence-corrected chi connectivity index (χ1v) is 18.8. The number of rotatable bonds is 6. The van der Waals surface area contributed by atoms with Crippen molar-refractivity contribution in [3.63, 3.8) is 0 Å². The molecular formula is C53H39N. The number of hydrogen-bond acceptors (Lipinski definition) is 1. The van der Waals surface area contributed by atoms with E-state index in [0.29, 0.717) is 0 Å². The van der Waals surface area contributed by atoms with Crippen molar-refractivity contribution >= 4 is 38.6 Å². The molecule has 10 rings (SSSR count). The summed E-state index contributed by atoms with van der Waals surface area (Å²) < 4.78 is 0. The van der Waals surface area contributed by atoms with Gasteiger partial charge in [0, 0.05) is 22.5 Å². The van der Waals surface area contributed by atoms with Crippen LogP contribution < -0.4 is 4.90 Å². The second-order valence-corrected chi connectivity index (χ2v) is 15.0. The van der Waals surface area contributed by atoms with Gasteiger partial charge in [-0.2, -0.15) is 0 Å². The Kier molecular flexibility index (Phi) is 7.56. The monoisotopic (exact) mass is 689 g/mol. The molecule has 0 heterocycles. The summed E-state index contributed by atoms with van der Waals surface area (Å²) in [6.07, 6.45) is 0. The standard InChI is InChI=1S/C53H39N/c1-53(2)50-20-12-11-19-48(50)51-49(35-42-17-9-10-18-47(42)52(51)53)43-22-21-41-34-46(32-27-40(41)33-43)54(44-28-23-38(24-29-44)36-13-5-3-6-14-36)45-30-25-39(26-31-45)37-15-7-4-8-16-37/h3-35H,1-2H3. The zero-order chi connectivity index (χ0) is 36.2. The summed E-state index contributed by atoms with van der Waals surface area (Å²) in [7, 11) is 0. The molecule has 0 atom stereocenters. The quantitative estimate of drug-likeness (QED) is 0.168. The van der Waals surface area contributed by atoms with Gasteiger partial charge in [-0.25, -0.2) is 0 Å². The van der Waals surface area contributed by atoms with E-state index < -0.39 is 0 Å². The highest BCUT2D eigenvalue weighted by Crippen LogP contribution is 2.55. The van der Waals surface area contributed by atoms with E-state index in [1.807, 2.05) is 0 Å². The van der Waals surface area contributed by atoms with Gasteiger partial charge in [-0.3, -0.25) is 0 Å². The first-order valence-electron chi connectivity index (χ1n) is 18.8. The Morgan fingerprint density at radius 1 is 0.352 bits per heavy atom. The molecule has 0 spiro atoms. The summed E-state index contributed by atoms with van der Waals surface area (Å²) in [5, 5.41) is 5.06. The maximum atomic E-state index is 2.40. The second-order valence-electron chi connectivity index (χ2n) is 15.0. The van der Waals surface area contributed by atoms with Gasteiger partial charge in [0.2, 0.25) is 0 Å². The van der Waals surface area contributed by atoms with Crippen molar-refractivity contribution in [2.45, 2.75) is 19.3 Å². The highest BCUT2D eigenvalue weighted by molar-refractivity contribution is 6.06. The summed E-state index contributed by atoms with van der Waals surface area (Å²) in [4.78, 5) is 2.37. The minimum absolute atomic E-state index is 0.0880. The van der Waals surface area contributed by atoms with Gasteiger partial charge >= 0.3 is 0 Å². The lowest BCUT2D eigenvalue weighted by atomic mass is 9.79. The minimum Gasteiger partial charge on any atom is -0.310 e. The summed E-state index contributed by atoms with van der Waals surface area (Å²) in [5.41, 5.74) is 16.2. The molecule has 0 N–H and O–H groups in total. The van der Waals surface area contributed by atoms with Gasteiger partial charge in [0.15, 0.2) is 0 Å². The van der Waals surface area contributed by atoms with Crippen LogP contribution in [0.2, 0.25) is 0 Å². The molecule has 9 aromatic carbocycles. The van der Waals surface area contributed by atoms with E-state index in [4.69, 9.17) is 0 Å². The van der Waals surface area contributed by atoms with Gasteiger partial charge in [0.1, 0.15) is 0 Å². The summed E-state index contributed by atoms with van der Waals surface area (Å²) in [5.74, 6) is 0. The molecule has 1 heteroatoms. The van der Waals surface area contributed by atoms with Crippen LogP contribution in [0.1, 0.15) is 25.0 Å². The van der Waals surface area contributed by atoms with E-state index in [2.05, 4.69) is 219 Å². The first-order chi connectivity index (χ1) is 26.5. The van der Waals surface area contributed by atoms with Crippen LogP contribution in [0.3, 0.4) is 0 Å². The van der Waals surface area contributed by atoms with Crippen LogP contribution >= 0.6 is 0 Å². The Morgan fingerprint density at radius 2 is 0.852 bits per heavy atom. The highest BCUT2D eigenvalue weighted by atomic mass is 15.1. The van der Waals surface area contributed by atoms with Crippen molar-refractivity contribution in [2.75, 3.05) is 4.90 Å². The van der Waals surface area contributed by atoms with Crippen molar-refractivity contribution in [3.8, 4) is 44.5 Å². The van der Waals surface area contributed by atoms with Crippen LogP contribution in [0.4, 0.5) is 17.1 Å². The van der Waals surface area contributed by atoms with Crippen LogP contribution in [-0.4, -0.2) is 0 Å². The molecule has 1 nitrogen and oxygen atoms in total. The zero-order valence-corrected chi connectivity index (χ0v) is 30.5. The fourth-order valence-corrected chi connectivity index (χ4v) is 8.74. The fraction of sp³-hybridized carbons (Fsp3) is 0.0566. The van der Waals surface area contributed by atoms with Gasteiger partial charge in [0.25, 0.3) is 0 Å². The third-order valence-corrected chi connectivity index (χ3v) is 11.4. The maximum Gasteiger partial charge on any atom is 0.0468 e. The van der Waals surface area contributed by atoms with Crippen molar-refractivity contribution in [1.29, 1.82) is 0 Å². The van der Waals surface area contributed by atoms with Gasteiger partial charge in [0.05, 0.1) is 0 Å². The topological polar surface area (TPSA) is 3.24 Å². The van der Waals surface area contributed by atoms with Gasteiger partial charge in [-0.05, 0) is 126 Å². The van der Waals surface area contributed by atoms with Crippen LogP contribution in [0, 0.1) is 0 Å². The number of benzene rings is 9. The number of fused-ring (bicyclic) bond motifs is 6. The molecule has 256 valence electrons. The van der Waals surface area contributed by atoms with E-state index in [1.54, 1.807) is 0 Å². The third kappa shape index (κ3) is 5.32. The lowest BCUT2D eigenvalue weighted by Crippen LogP contribution is -2.15. The smallest absolute Gasteiger partial charge is 0.0468 e. The molecule has 0 aliphatic heterocycles. The lowest BCUT2D eigenvalue weighted by Gasteiger charge is -2.26. The molecule has 54 heavy (non-hydrogen) atoms. The predicted molar refractivity (Wildman–Crippen MR) is 230 cm³/mol. The molecule has 1 aliphatic rings. The first kappa shape index (κ1) is 32.0. The van der Waals surface area contributed by atoms with Crippen molar-refractivity contribution in [3.05, 3.63) is 211 Å². The molecule has 1 aliphatic carbocycles. The number of hydrogen-bond donors (Lipinski definition) is 0. The molecule has 0 saturated heterocycles. The van der Waals surface area contributed by atoms with Crippen molar-refractivity contribution in [1.82, 2.24) is 0 Å². The van der Waals surface area contributed by atoms with Crippen LogP contribution in [0.5, 0.6) is 0 Å². The maximum absolute atomic E-state index is 2.40. The summed E-state index contributed by atoms with van der Waals surface area (Å²) >= 11 is 0. The molecule has 0 saturated carbocycles. The van der Waals surface area contributed by atoms with Crippen LogP contribution in [-0.2, 0) is 5.41 Å². The molecular weight excluding hydrogens is 651 g/mol. The van der Waals surface area contributed by atoms with E-state index in [0.717, 1.165) is 17.1 Å². The molecule has 0 aromatic heterocycles. The predicted octanol–water partition coefficient (Wildman–Crippen LogP) is 14.8. The normalized spacial score (nSPS) is 12.8. The molecule has 9 aromatic rings. The Balaban J connectivity index is 1.08. The van der Waals surface area contributed by atoms with Gasteiger partial charge < -0.3 is 4.90 Å². The second kappa shape index (κ2) is 12.8. The SMILES string of the molecule is CC1(C)c2ccccc2-c2c(-c3ccc4cc(N(c5ccc(-c6ccccc6)cc5)c5ccc(-c6ccccc6)cc5)ccc4c3)cc3ccccc3c21. The average molecular weight is 690 g/mol. The Labute approximate surface area is 317 Å². The van der Waals surface area contributed by atoms with E-state index >= 15 is 0 Å². The fourth-order valence-electron chi connectivity index (χ4n) is 8.74. The van der Waals surface area contributed by atoms with E-state index in [9.17, 15) is 0 Å². The highest BCUT2D eigenvalue weighted by Gasteiger charge is 2.38. The third-order valence-electron chi connectivity index (χ3n) is 11.4. The Morgan fingerprint density at radius 3 is 1.52 bits per heavy atom. The summed E-state index contributed by atoms with van der Waals surface area (Å²) in [6, 6.07) is 73.2. The van der Waals surface area contributed by atoms with E-state index in [-0.39, 0.29) is 5.41 Å². The number of anilines is 3. The minimum atomic E-state index is -0.0880. The molecule has 0 unspecified atom stereocenters. The Hall–Kier alpha value is -6.70. The number of nitrogens with zero attached hydrogens (tertiary/aromatic N) is 1.